The summed E-state index contributed by atoms with van der Waals surface area (Å²) in [4.78, 5) is 43.8. The van der Waals surface area contributed by atoms with Crippen LogP contribution in [0.4, 0.5) is 0 Å². The van der Waals surface area contributed by atoms with E-state index in [-0.39, 0.29) is 12.8 Å². The Bertz CT molecular complexity index is 359. The third-order valence-corrected chi connectivity index (χ3v) is 2.42. The molecular formula is C8H10NO7+. The van der Waals surface area contributed by atoms with Gasteiger partial charge in [0.05, 0.1) is 12.8 Å². The molecule has 88 valence electrons. The van der Waals surface area contributed by atoms with Gasteiger partial charge in [-0.25, -0.2) is 19.6 Å². The van der Waals surface area contributed by atoms with Crippen molar-refractivity contribution in [1.82, 2.24) is 0 Å². The van der Waals surface area contributed by atoms with Crippen molar-refractivity contribution >= 4 is 23.8 Å². The van der Waals surface area contributed by atoms with E-state index >= 15 is 0 Å². The van der Waals surface area contributed by atoms with Crippen LogP contribution in [0.25, 0.3) is 0 Å². The zero-order valence-corrected chi connectivity index (χ0v) is 8.12. The van der Waals surface area contributed by atoms with Gasteiger partial charge < -0.3 is 10.2 Å². The highest BCUT2D eigenvalue weighted by molar-refractivity contribution is 5.94. The first-order chi connectivity index (χ1) is 7.30. The van der Waals surface area contributed by atoms with Crippen LogP contribution in [0, 0.1) is 0 Å². The SMILES string of the molecule is O=C(O)CC(C(=O)O)[N+]1(O)C(=O)CCC1=O. The lowest BCUT2D eigenvalue weighted by atomic mass is 10.1. The number of rotatable bonds is 4. The summed E-state index contributed by atoms with van der Waals surface area (Å²) in [5.41, 5.74) is 0. The van der Waals surface area contributed by atoms with Crippen LogP contribution in [0.2, 0.25) is 0 Å². The second kappa shape index (κ2) is 3.99. The van der Waals surface area contributed by atoms with Gasteiger partial charge in [-0.2, -0.15) is 0 Å². The van der Waals surface area contributed by atoms with Crippen LogP contribution in [0.3, 0.4) is 0 Å². The van der Waals surface area contributed by atoms with E-state index < -0.39 is 40.9 Å². The van der Waals surface area contributed by atoms with Crippen molar-refractivity contribution in [3.63, 3.8) is 0 Å². The molecule has 1 aliphatic heterocycles. The third-order valence-electron chi connectivity index (χ3n) is 2.42. The molecule has 0 bridgehead atoms. The van der Waals surface area contributed by atoms with Crippen LogP contribution in [-0.2, 0) is 19.2 Å². The summed E-state index contributed by atoms with van der Waals surface area (Å²) < 4.78 is -1.94. The Kier molecular flexibility index (Phi) is 3.06. The topological polar surface area (TPSA) is 129 Å². The standard InChI is InChI=1S/C8H9NO7/c10-5-1-2-6(11)9(5,16)4(8(14)15)3-7(12)13/h4,16H,1-3H2,(H-,12,13,14,15)/p+1. The maximum Gasteiger partial charge on any atom is 0.367 e. The molecule has 1 rings (SSSR count). The Morgan fingerprint density at radius 3 is 1.94 bits per heavy atom. The fourth-order valence-corrected chi connectivity index (χ4v) is 1.59. The Morgan fingerprint density at radius 1 is 1.19 bits per heavy atom. The molecule has 0 spiro atoms. The van der Waals surface area contributed by atoms with Crippen molar-refractivity contribution in [3.05, 3.63) is 0 Å². The van der Waals surface area contributed by atoms with E-state index in [1.54, 1.807) is 0 Å². The lowest BCUT2D eigenvalue weighted by molar-refractivity contribution is -0.984. The number of aliphatic carboxylic acids is 2. The van der Waals surface area contributed by atoms with Gasteiger partial charge in [-0.1, -0.05) is 0 Å². The van der Waals surface area contributed by atoms with Gasteiger partial charge in [-0.3, -0.25) is 4.79 Å². The number of carboxylic acids is 2. The summed E-state index contributed by atoms with van der Waals surface area (Å²) in [6, 6.07) is -1.99. The number of carbonyl (C=O) groups excluding carboxylic acids is 2. The number of carboxylic acid groups (broad SMARTS) is 2. The highest BCUT2D eigenvalue weighted by atomic mass is 16.6. The normalized spacial score (nSPS) is 20.8. The Morgan fingerprint density at radius 2 is 1.62 bits per heavy atom. The molecule has 1 unspecified atom stereocenters. The number of hydrogen-bond acceptors (Lipinski definition) is 5. The van der Waals surface area contributed by atoms with E-state index in [0.29, 0.717) is 0 Å². The van der Waals surface area contributed by atoms with Crippen LogP contribution in [0.5, 0.6) is 0 Å². The van der Waals surface area contributed by atoms with Crippen molar-refractivity contribution < 1.29 is 39.2 Å². The minimum Gasteiger partial charge on any atom is -0.481 e. The molecule has 0 aliphatic carbocycles. The lowest BCUT2D eigenvalue weighted by Gasteiger charge is -2.24. The van der Waals surface area contributed by atoms with Gasteiger partial charge in [0.1, 0.15) is 6.42 Å². The smallest absolute Gasteiger partial charge is 0.367 e. The fourth-order valence-electron chi connectivity index (χ4n) is 1.59. The van der Waals surface area contributed by atoms with E-state index in [9.17, 15) is 24.4 Å². The van der Waals surface area contributed by atoms with Crippen molar-refractivity contribution in [2.45, 2.75) is 25.3 Å². The minimum absolute atomic E-state index is 0.279. The number of carbonyl (C=O) groups is 4. The maximum atomic E-state index is 11.3. The van der Waals surface area contributed by atoms with E-state index in [1.165, 1.54) is 0 Å². The number of likely N-dealkylation sites (tertiary alicyclic amines) is 1. The summed E-state index contributed by atoms with van der Waals surface area (Å²) >= 11 is 0. The van der Waals surface area contributed by atoms with Crippen molar-refractivity contribution in [1.29, 1.82) is 0 Å². The number of quaternary nitrogens is 1. The van der Waals surface area contributed by atoms with Gasteiger partial charge in [-0.05, 0) is 4.65 Å². The largest absolute Gasteiger partial charge is 0.481 e. The van der Waals surface area contributed by atoms with Crippen molar-refractivity contribution in [2.24, 2.45) is 0 Å². The molecule has 0 aromatic heterocycles. The zero-order valence-electron chi connectivity index (χ0n) is 8.12. The highest BCUT2D eigenvalue weighted by Crippen LogP contribution is 2.25. The molecule has 1 fully saturated rings. The van der Waals surface area contributed by atoms with Gasteiger partial charge in [0.2, 0.25) is 6.04 Å². The summed E-state index contributed by atoms with van der Waals surface area (Å²) in [6.45, 7) is 0. The molecule has 8 heteroatoms. The van der Waals surface area contributed by atoms with Crippen molar-refractivity contribution in [2.75, 3.05) is 0 Å². The Balaban J connectivity index is 3.10. The quantitative estimate of drug-likeness (QED) is 0.321. The average molecular weight is 232 g/mol. The van der Waals surface area contributed by atoms with Crippen LogP contribution in [0.15, 0.2) is 0 Å². The fraction of sp³-hybridized carbons (Fsp3) is 0.500. The molecule has 3 N–H and O–H groups in total. The average Bonchev–Trinajstić information content (AvgIpc) is 2.42. The van der Waals surface area contributed by atoms with E-state index in [1.807, 2.05) is 0 Å². The molecule has 1 heterocycles. The maximum absolute atomic E-state index is 11.3. The van der Waals surface area contributed by atoms with Crippen LogP contribution in [-0.4, -0.2) is 49.9 Å². The molecule has 0 radical (unpaired) electrons. The molecule has 1 atom stereocenters. The van der Waals surface area contributed by atoms with E-state index in [2.05, 4.69) is 0 Å². The molecule has 2 amide bonds. The Hall–Kier alpha value is -1.80. The lowest BCUT2D eigenvalue weighted by Crippen LogP contribution is -2.60. The first-order valence-corrected chi connectivity index (χ1v) is 4.43. The van der Waals surface area contributed by atoms with Gasteiger partial charge in [0.15, 0.2) is 0 Å². The molecule has 0 saturated carbocycles. The number of nitrogens with zero attached hydrogens (tertiary/aromatic N) is 1. The second-order valence-electron chi connectivity index (χ2n) is 3.42. The summed E-state index contributed by atoms with van der Waals surface area (Å²) in [5.74, 6) is -5.18. The van der Waals surface area contributed by atoms with E-state index in [4.69, 9.17) is 10.2 Å². The van der Waals surface area contributed by atoms with Gasteiger partial charge in [0, 0.05) is 0 Å². The molecular weight excluding hydrogens is 222 g/mol. The first kappa shape index (κ1) is 12.3. The predicted molar refractivity (Wildman–Crippen MR) is 45.0 cm³/mol. The number of imide groups is 1. The number of hydrogen-bond donors (Lipinski definition) is 3. The van der Waals surface area contributed by atoms with Gasteiger partial charge >= 0.3 is 23.8 Å². The van der Waals surface area contributed by atoms with Crippen LogP contribution < -0.4 is 0 Å². The van der Waals surface area contributed by atoms with Crippen LogP contribution in [0.1, 0.15) is 19.3 Å². The monoisotopic (exact) mass is 232 g/mol. The molecule has 8 nitrogen and oxygen atoms in total. The second-order valence-corrected chi connectivity index (χ2v) is 3.42. The molecule has 16 heavy (non-hydrogen) atoms. The van der Waals surface area contributed by atoms with E-state index in [0.717, 1.165) is 0 Å². The summed E-state index contributed by atoms with van der Waals surface area (Å²) in [6.07, 6.45) is -1.55. The molecule has 1 aliphatic rings. The summed E-state index contributed by atoms with van der Waals surface area (Å²) in [7, 11) is 0. The minimum atomic E-state index is -1.99. The first-order valence-electron chi connectivity index (χ1n) is 4.43. The molecule has 0 aromatic rings. The van der Waals surface area contributed by atoms with Gasteiger partial charge in [0.25, 0.3) is 0 Å². The molecule has 1 saturated heterocycles. The number of amides is 2. The highest BCUT2D eigenvalue weighted by Gasteiger charge is 2.59. The summed E-state index contributed by atoms with van der Waals surface area (Å²) in [5, 5.41) is 26.9. The molecule has 0 aromatic carbocycles. The predicted octanol–water partition coefficient (Wildman–Crippen LogP) is -1.03. The number of hydroxylamine groups is 3. The zero-order chi connectivity index (χ0) is 12.5. The Labute approximate surface area is 89.2 Å². The van der Waals surface area contributed by atoms with Gasteiger partial charge in [-0.15, -0.1) is 0 Å². The van der Waals surface area contributed by atoms with Crippen molar-refractivity contribution in [3.8, 4) is 0 Å². The third kappa shape index (κ3) is 1.79. The van der Waals surface area contributed by atoms with Crippen LogP contribution >= 0.6 is 0 Å².